The molecule has 0 radical (unpaired) electrons. The van der Waals surface area contributed by atoms with E-state index in [4.69, 9.17) is 15.2 Å². The van der Waals surface area contributed by atoms with Crippen molar-refractivity contribution in [3.05, 3.63) is 82.3 Å². The first kappa shape index (κ1) is 26.6. The zero-order valence-electron chi connectivity index (χ0n) is 19.5. The summed E-state index contributed by atoms with van der Waals surface area (Å²) in [5.41, 5.74) is 3.89. The number of allylic oxidation sites excluding steroid dienone is 1. The Morgan fingerprint density at radius 2 is 1.89 bits per heavy atom. The van der Waals surface area contributed by atoms with E-state index in [1.165, 1.54) is 14.2 Å². The Bertz CT molecular complexity index is 1430. The van der Waals surface area contributed by atoms with Gasteiger partial charge in [0.05, 0.1) is 14.2 Å². The highest BCUT2D eigenvalue weighted by molar-refractivity contribution is 6.17. The number of anilines is 1. The molecule has 0 saturated carbocycles. The molecule has 3 aromatic rings. The molecule has 0 unspecified atom stereocenters. The fourth-order valence-corrected chi connectivity index (χ4v) is 3.04. The number of rotatable bonds is 9. The predicted molar refractivity (Wildman–Crippen MR) is 129 cm³/mol. The summed E-state index contributed by atoms with van der Waals surface area (Å²) in [5.74, 6) is -0.818. The molecule has 194 valence electrons. The van der Waals surface area contributed by atoms with Crippen molar-refractivity contribution in [2.45, 2.75) is 6.18 Å². The first-order chi connectivity index (χ1) is 17.4. The highest BCUT2D eigenvalue weighted by Crippen LogP contribution is 2.29. The number of hydrogen-bond donors (Lipinski definition) is 4. The fraction of sp³-hybridized carbons (Fsp3) is 0.130. The first-order valence-corrected chi connectivity index (χ1v) is 10.3. The minimum absolute atomic E-state index is 0.0400. The molecule has 0 bridgehead atoms. The summed E-state index contributed by atoms with van der Waals surface area (Å²) in [6.45, 7) is 3.78. The van der Waals surface area contributed by atoms with Crippen molar-refractivity contribution < 1.29 is 32.5 Å². The van der Waals surface area contributed by atoms with E-state index in [2.05, 4.69) is 27.0 Å². The molecule has 37 heavy (non-hydrogen) atoms. The molecule has 0 aliphatic rings. The number of alkyl halides is 3. The summed E-state index contributed by atoms with van der Waals surface area (Å²) in [6.07, 6.45) is -1.47. The van der Waals surface area contributed by atoms with Gasteiger partial charge in [0.2, 0.25) is 0 Å². The number of aliphatic imine (C=N–C) groups is 1. The molecule has 0 aliphatic heterocycles. The summed E-state index contributed by atoms with van der Waals surface area (Å²) in [7, 11) is 2.95. The number of carboxylic acids is 1. The van der Waals surface area contributed by atoms with E-state index in [9.17, 15) is 27.9 Å². The van der Waals surface area contributed by atoms with E-state index >= 15 is 0 Å². The van der Waals surface area contributed by atoms with Gasteiger partial charge in [0.1, 0.15) is 28.7 Å². The number of ether oxygens (including phenoxy) is 2. The Labute approximate surface area is 207 Å². The number of nitrogens with zero attached hydrogens (tertiary/aromatic N) is 3. The number of hydrogen-bond acceptors (Lipinski definition) is 8. The van der Waals surface area contributed by atoms with Crippen molar-refractivity contribution in [3.63, 3.8) is 0 Å². The summed E-state index contributed by atoms with van der Waals surface area (Å²) < 4.78 is 50.3. The number of aromatic amines is 1. The number of carbonyl (C=O) groups is 1. The van der Waals surface area contributed by atoms with Gasteiger partial charge >= 0.3 is 12.1 Å². The van der Waals surface area contributed by atoms with E-state index < -0.39 is 29.0 Å². The van der Waals surface area contributed by atoms with Gasteiger partial charge in [0.25, 0.3) is 5.56 Å². The van der Waals surface area contributed by atoms with Crippen LogP contribution < -0.4 is 26.1 Å². The summed E-state index contributed by atoms with van der Waals surface area (Å²) in [4.78, 5) is 29.7. The third kappa shape index (κ3) is 6.36. The monoisotopic (exact) mass is 518 g/mol. The normalized spacial score (nSPS) is 12.2. The number of pyridine rings is 1. The lowest BCUT2D eigenvalue weighted by Gasteiger charge is -2.12. The molecular formula is C23H21F3N6O5. The van der Waals surface area contributed by atoms with Gasteiger partial charge in [0.15, 0.2) is 5.69 Å². The van der Waals surface area contributed by atoms with Crippen molar-refractivity contribution >= 4 is 29.3 Å². The van der Waals surface area contributed by atoms with Crippen LogP contribution in [0.5, 0.6) is 11.5 Å². The molecule has 5 N–H and O–H groups in total. The van der Waals surface area contributed by atoms with E-state index in [1.807, 2.05) is 0 Å². The van der Waals surface area contributed by atoms with Crippen LogP contribution in [0.1, 0.15) is 21.6 Å². The molecule has 0 amide bonds. The van der Waals surface area contributed by atoms with Crippen LogP contribution in [0.2, 0.25) is 0 Å². The lowest BCUT2D eigenvalue weighted by atomic mass is 10.1. The first-order valence-electron chi connectivity index (χ1n) is 10.3. The Balaban J connectivity index is 2.04. The minimum atomic E-state index is -4.72. The van der Waals surface area contributed by atoms with Crippen LogP contribution in [0.3, 0.4) is 0 Å². The highest BCUT2D eigenvalue weighted by Gasteiger charge is 2.33. The van der Waals surface area contributed by atoms with Crippen molar-refractivity contribution in [3.8, 4) is 11.5 Å². The maximum atomic E-state index is 13.0. The SMILES string of the molecule is C=C(N=C/C(=C(\N)n1ccc(C(F)(F)F)n1)c1c[nH]c(=O)c(C(=O)O)c1)Nc1cc(OC)cc(OC)c1. The Morgan fingerprint density at radius 3 is 2.43 bits per heavy atom. The number of H-pyrrole nitrogens is 1. The van der Waals surface area contributed by atoms with Gasteiger partial charge in [-0.05, 0) is 12.1 Å². The maximum absolute atomic E-state index is 13.0. The standard InChI is InChI=1S/C23H21F3N6O5/c1-12(30-14-7-15(36-2)9-16(8-14)37-3)28-11-18(13-6-17(22(34)35)21(33)29-10-13)20(27)32-5-4-19(31-32)23(24,25)26/h4-11,30H,1,27H2,2-3H3,(H,29,33)(H,34,35)/b20-18-,28-11?. The van der Waals surface area contributed by atoms with Crippen LogP contribution in [-0.4, -0.2) is 46.3 Å². The van der Waals surface area contributed by atoms with E-state index in [1.54, 1.807) is 18.2 Å². The molecule has 2 heterocycles. The third-order valence-corrected chi connectivity index (χ3v) is 4.84. The number of benzene rings is 1. The van der Waals surface area contributed by atoms with Gasteiger partial charge in [-0.15, -0.1) is 0 Å². The van der Waals surface area contributed by atoms with Gasteiger partial charge < -0.3 is 30.6 Å². The minimum Gasteiger partial charge on any atom is -0.497 e. The molecule has 0 spiro atoms. The molecule has 14 heteroatoms. The van der Waals surface area contributed by atoms with Crippen molar-refractivity contribution in [1.29, 1.82) is 0 Å². The lowest BCUT2D eigenvalue weighted by Crippen LogP contribution is -2.19. The summed E-state index contributed by atoms with van der Waals surface area (Å²) in [5, 5.41) is 15.6. The van der Waals surface area contributed by atoms with E-state index in [0.717, 1.165) is 29.4 Å². The lowest BCUT2D eigenvalue weighted by molar-refractivity contribution is -0.141. The topological polar surface area (TPSA) is 157 Å². The quantitative estimate of drug-likeness (QED) is 0.315. The second-order valence-electron chi connectivity index (χ2n) is 7.31. The zero-order chi connectivity index (χ0) is 27.3. The van der Waals surface area contributed by atoms with Gasteiger partial charge in [-0.1, -0.05) is 6.58 Å². The molecule has 1 aromatic carbocycles. The number of halogens is 3. The molecule has 0 saturated heterocycles. The maximum Gasteiger partial charge on any atom is 0.435 e. The van der Waals surface area contributed by atoms with Gasteiger partial charge in [-0.3, -0.25) is 4.79 Å². The Hall–Kier alpha value is -5.01. The molecule has 11 nitrogen and oxygen atoms in total. The fourth-order valence-electron chi connectivity index (χ4n) is 3.04. The molecular weight excluding hydrogens is 497 g/mol. The summed E-state index contributed by atoms with van der Waals surface area (Å²) in [6, 6.07) is 6.64. The van der Waals surface area contributed by atoms with Crippen LogP contribution >= 0.6 is 0 Å². The van der Waals surface area contributed by atoms with Crippen molar-refractivity contribution in [2.24, 2.45) is 10.7 Å². The molecule has 0 aliphatic carbocycles. The number of aromatic carboxylic acids is 1. The summed E-state index contributed by atoms with van der Waals surface area (Å²) >= 11 is 0. The molecule has 0 atom stereocenters. The van der Waals surface area contributed by atoms with Crippen LogP contribution in [0.25, 0.3) is 11.4 Å². The van der Waals surface area contributed by atoms with Crippen molar-refractivity contribution in [2.75, 3.05) is 19.5 Å². The highest BCUT2D eigenvalue weighted by atomic mass is 19.4. The number of carboxylic acid groups (broad SMARTS) is 1. The molecule has 0 fully saturated rings. The third-order valence-electron chi connectivity index (χ3n) is 4.84. The van der Waals surface area contributed by atoms with Crippen LogP contribution in [-0.2, 0) is 6.18 Å². The number of aromatic nitrogens is 3. The second kappa shape index (κ2) is 10.7. The molecule has 2 aromatic heterocycles. The van der Waals surface area contributed by atoms with Crippen LogP contribution in [0, 0.1) is 0 Å². The van der Waals surface area contributed by atoms with Gasteiger partial charge in [-0.25, -0.2) is 14.5 Å². The smallest absolute Gasteiger partial charge is 0.435 e. The molecule has 3 rings (SSSR count). The number of methoxy groups -OCH3 is 2. The second-order valence-corrected chi connectivity index (χ2v) is 7.31. The van der Waals surface area contributed by atoms with Gasteiger partial charge in [-0.2, -0.15) is 18.3 Å². The largest absolute Gasteiger partial charge is 0.497 e. The Kier molecular flexibility index (Phi) is 7.70. The average molecular weight is 518 g/mol. The van der Waals surface area contributed by atoms with Gasteiger partial charge in [0, 0.05) is 53.6 Å². The zero-order valence-corrected chi connectivity index (χ0v) is 19.5. The van der Waals surface area contributed by atoms with Crippen molar-refractivity contribution in [1.82, 2.24) is 14.8 Å². The van der Waals surface area contributed by atoms with Crippen LogP contribution in [0.15, 0.2) is 64.9 Å². The van der Waals surface area contributed by atoms with Crippen LogP contribution in [0.4, 0.5) is 18.9 Å². The van der Waals surface area contributed by atoms with E-state index in [0.29, 0.717) is 23.3 Å². The predicted octanol–water partition coefficient (Wildman–Crippen LogP) is 3.24. The van der Waals surface area contributed by atoms with E-state index in [-0.39, 0.29) is 22.8 Å². The average Bonchev–Trinajstić information content (AvgIpc) is 3.35. The number of nitrogens with two attached hydrogens (primary N) is 1. The Morgan fingerprint density at radius 1 is 1.24 bits per heavy atom. The number of nitrogens with one attached hydrogen (secondary N) is 2.